The van der Waals surface area contributed by atoms with Crippen LogP contribution in [-0.4, -0.2) is 29.9 Å². The Kier molecular flexibility index (Phi) is 11.4. The molecule has 2 rings (SSSR count). The van der Waals surface area contributed by atoms with Crippen molar-refractivity contribution in [2.75, 3.05) is 13.2 Å². The SMILES string of the molecule is CCCCOCCCC(CC(=O)OC(C)(C)C)c1noc(-c2ccc(CC(C)C)cc2)c1I. The minimum atomic E-state index is -0.509. The van der Waals surface area contributed by atoms with E-state index in [-0.39, 0.29) is 18.3 Å². The summed E-state index contributed by atoms with van der Waals surface area (Å²) in [6.45, 7) is 13.7. The smallest absolute Gasteiger partial charge is 0.306 e. The topological polar surface area (TPSA) is 61.6 Å². The lowest BCUT2D eigenvalue weighted by molar-refractivity contribution is -0.155. The number of esters is 1. The first-order chi connectivity index (χ1) is 15.6. The van der Waals surface area contributed by atoms with Crippen LogP contribution in [0.2, 0.25) is 0 Å². The third-order valence-electron chi connectivity index (χ3n) is 5.22. The molecule has 0 fully saturated rings. The zero-order valence-electron chi connectivity index (χ0n) is 21.1. The molecule has 0 aliphatic heterocycles. The first-order valence-corrected chi connectivity index (χ1v) is 13.2. The normalized spacial score (nSPS) is 12.8. The van der Waals surface area contributed by atoms with Gasteiger partial charge in [0.2, 0.25) is 0 Å². The first kappa shape index (κ1) is 27.8. The van der Waals surface area contributed by atoms with Crippen molar-refractivity contribution in [1.29, 1.82) is 0 Å². The highest BCUT2D eigenvalue weighted by atomic mass is 127. The molecular weight excluding hydrogens is 529 g/mol. The number of rotatable bonds is 13. The molecule has 0 saturated carbocycles. The van der Waals surface area contributed by atoms with Gasteiger partial charge in [-0.05, 0) is 80.5 Å². The van der Waals surface area contributed by atoms with Gasteiger partial charge in [0.1, 0.15) is 11.3 Å². The van der Waals surface area contributed by atoms with Gasteiger partial charge in [0.05, 0.1) is 9.99 Å². The van der Waals surface area contributed by atoms with Crippen LogP contribution in [0.1, 0.15) is 90.8 Å². The van der Waals surface area contributed by atoms with Crippen molar-refractivity contribution in [3.8, 4) is 11.3 Å². The Morgan fingerprint density at radius 3 is 2.39 bits per heavy atom. The molecule has 33 heavy (non-hydrogen) atoms. The van der Waals surface area contributed by atoms with E-state index in [9.17, 15) is 4.79 Å². The Hall–Kier alpha value is -1.41. The molecule has 1 aromatic carbocycles. The summed E-state index contributed by atoms with van der Waals surface area (Å²) in [6, 6.07) is 8.49. The number of carbonyl (C=O) groups excluding carboxylic acids is 1. The number of carbonyl (C=O) groups is 1. The van der Waals surface area contributed by atoms with Gasteiger partial charge >= 0.3 is 5.97 Å². The van der Waals surface area contributed by atoms with Crippen LogP contribution in [0.25, 0.3) is 11.3 Å². The molecule has 1 aromatic heterocycles. The van der Waals surface area contributed by atoms with E-state index in [1.807, 2.05) is 20.8 Å². The second-order valence-corrected chi connectivity index (χ2v) is 11.2. The quantitative estimate of drug-likeness (QED) is 0.142. The molecule has 2 aromatic rings. The third-order valence-corrected chi connectivity index (χ3v) is 6.27. The molecule has 0 spiro atoms. The van der Waals surface area contributed by atoms with Crippen LogP contribution < -0.4 is 0 Å². The van der Waals surface area contributed by atoms with Gasteiger partial charge in [0, 0.05) is 24.7 Å². The fourth-order valence-electron chi connectivity index (χ4n) is 3.69. The van der Waals surface area contributed by atoms with E-state index in [1.54, 1.807) is 0 Å². The highest BCUT2D eigenvalue weighted by Crippen LogP contribution is 2.35. The summed E-state index contributed by atoms with van der Waals surface area (Å²) >= 11 is 2.30. The number of ether oxygens (including phenoxy) is 2. The van der Waals surface area contributed by atoms with Crippen LogP contribution in [-0.2, 0) is 20.7 Å². The van der Waals surface area contributed by atoms with Crippen LogP contribution in [0, 0.1) is 9.49 Å². The van der Waals surface area contributed by atoms with Crippen LogP contribution in [0.3, 0.4) is 0 Å². The zero-order valence-corrected chi connectivity index (χ0v) is 23.2. The Morgan fingerprint density at radius 1 is 1.12 bits per heavy atom. The average molecular weight is 570 g/mol. The van der Waals surface area contributed by atoms with Crippen molar-refractivity contribution in [1.82, 2.24) is 5.16 Å². The van der Waals surface area contributed by atoms with Crippen LogP contribution in [0.15, 0.2) is 28.8 Å². The van der Waals surface area contributed by atoms with Crippen molar-refractivity contribution < 1.29 is 18.8 Å². The predicted molar refractivity (Wildman–Crippen MR) is 141 cm³/mol. The van der Waals surface area contributed by atoms with Crippen molar-refractivity contribution in [2.24, 2.45) is 5.92 Å². The number of unbranched alkanes of at least 4 members (excludes halogenated alkanes) is 1. The lowest BCUT2D eigenvalue weighted by Gasteiger charge is -2.21. The predicted octanol–water partition coefficient (Wildman–Crippen LogP) is 7.56. The average Bonchev–Trinajstić information content (AvgIpc) is 3.09. The highest BCUT2D eigenvalue weighted by Gasteiger charge is 2.27. The number of halogens is 1. The molecule has 0 N–H and O–H groups in total. The van der Waals surface area contributed by atoms with Gasteiger partial charge < -0.3 is 14.0 Å². The summed E-state index contributed by atoms with van der Waals surface area (Å²) in [5.74, 6) is 1.10. The Bertz CT molecular complexity index is 852. The summed E-state index contributed by atoms with van der Waals surface area (Å²) in [5.41, 5.74) is 2.64. The number of hydrogen-bond donors (Lipinski definition) is 0. The van der Waals surface area contributed by atoms with Gasteiger partial charge in [-0.15, -0.1) is 0 Å². The van der Waals surface area contributed by atoms with E-state index in [1.165, 1.54) is 5.56 Å². The maximum absolute atomic E-state index is 12.6. The summed E-state index contributed by atoms with van der Waals surface area (Å²) in [4.78, 5) is 12.6. The van der Waals surface area contributed by atoms with E-state index in [2.05, 4.69) is 72.8 Å². The summed E-state index contributed by atoms with van der Waals surface area (Å²) in [7, 11) is 0. The van der Waals surface area contributed by atoms with Gasteiger partial charge in [-0.1, -0.05) is 56.6 Å². The molecule has 0 radical (unpaired) electrons. The van der Waals surface area contributed by atoms with Gasteiger partial charge in [-0.3, -0.25) is 4.79 Å². The van der Waals surface area contributed by atoms with Crippen molar-refractivity contribution in [3.63, 3.8) is 0 Å². The standard InChI is InChI=1S/C27H40INO4/c1-7-8-15-31-16-9-10-22(18-23(30)32-27(4,5)6)25-24(28)26(33-29-25)21-13-11-20(12-14-21)17-19(2)3/h11-14,19,22H,7-10,15-18H2,1-6H3. The molecule has 6 heteroatoms. The molecule has 1 unspecified atom stereocenters. The van der Waals surface area contributed by atoms with Crippen molar-refractivity contribution >= 4 is 28.6 Å². The Balaban J connectivity index is 2.16. The number of benzene rings is 1. The molecular formula is C27H40INO4. The molecule has 184 valence electrons. The lowest BCUT2D eigenvalue weighted by atomic mass is 9.95. The van der Waals surface area contributed by atoms with Gasteiger partial charge in [0.25, 0.3) is 0 Å². The minimum absolute atomic E-state index is 0.0701. The third kappa shape index (κ3) is 9.77. The molecule has 1 atom stereocenters. The molecule has 0 saturated heterocycles. The second-order valence-electron chi connectivity index (χ2n) is 10.1. The highest BCUT2D eigenvalue weighted by molar-refractivity contribution is 14.1. The monoisotopic (exact) mass is 569 g/mol. The molecule has 0 aliphatic carbocycles. The number of aromatic nitrogens is 1. The largest absolute Gasteiger partial charge is 0.460 e. The van der Waals surface area contributed by atoms with E-state index in [0.717, 1.165) is 59.3 Å². The zero-order chi connectivity index (χ0) is 24.4. The lowest BCUT2D eigenvalue weighted by Crippen LogP contribution is -2.25. The Morgan fingerprint density at radius 2 is 1.79 bits per heavy atom. The fourth-order valence-corrected chi connectivity index (χ4v) is 4.64. The summed E-state index contributed by atoms with van der Waals surface area (Å²) < 4.78 is 18.1. The molecule has 0 bridgehead atoms. The van der Waals surface area contributed by atoms with Gasteiger partial charge in [-0.2, -0.15) is 0 Å². The van der Waals surface area contributed by atoms with E-state index >= 15 is 0 Å². The second kappa shape index (κ2) is 13.5. The molecule has 0 amide bonds. The maximum Gasteiger partial charge on any atom is 0.306 e. The van der Waals surface area contributed by atoms with Gasteiger partial charge in [-0.25, -0.2) is 0 Å². The van der Waals surface area contributed by atoms with Crippen molar-refractivity contribution in [3.05, 3.63) is 39.1 Å². The van der Waals surface area contributed by atoms with Gasteiger partial charge in [0.15, 0.2) is 5.76 Å². The van der Waals surface area contributed by atoms with E-state index < -0.39 is 5.60 Å². The number of hydrogen-bond acceptors (Lipinski definition) is 5. The fraction of sp³-hybridized carbons (Fsp3) is 0.630. The minimum Gasteiger partial charge on any atom is -0.460 e. The Labute approximate surface area is 213 Å². The maximum atomic E-state index is 12.6. The van der Waals surface area contributed by atoms with Crippen LogP contribution in [0.5, 0.6) is 0 Å². The van der Waals surface area contributed by atoms with E-state index in [4.69, 9.17) is 14.0 Å². The van der Waals surface area contributed by atoms with E-state index in [0.29, 0.717) is 12.5 Å². The molecule has 1 heterocycles. The first-order valence-electron chi connectivity index (χ1n) is 12.1. The van der Waals surface area contributed by atoms with Crippen molar-refractivity contribution in [2.45, 2.75) is 91.6 Å². The molecule has 0 aliphatic rings. The number of nitrogens with zero attached hydrogens (tertiary/aromatic N) is 1. The van der Waals surface area contributed by atoms with Crippen LogP contribution >= 0.6 is 22.6 Å². The summed E-state index contributed by atoms with van der Waals surface area (Å²) in [5, 5.41) is 4.41. The van der Waals surface area contributed by atoms with Crippen LogP contribution in [0.4, 0.5) is 0 Å². The molecule has 5 nitrogen and oxygen atoms in total. The summed E-state index contributed by atoms with van der Waals surface area (Å²) in [6.07, 6.45) is 5.18.